The third kappa shape index (κ3) is 4.79. The molecule has 0 aromatic heterocycles. The first-order valence-electron chi connectivity index (χ1n) is 8.89. The standard InChI is InChI=1S/C24H28O/c1-5-24(4,18-12-13-19(2)3)22(20-14-8-6-9-15-20)23(25)21-16-10-7-11-17-21/h5-11,13-17,22H,1,12,18H2,2-4H3. The fourth-order valence-corrected chi connectivity index (χ4v) is 3.28. The summed E-state index contributed by atoms with van der Waals surface area (Å²) in [4.78, 5) is 13.4. The first-order chi connectivity index (χ1) is 12.0. The molecule has 2 aromatic carbocycles. The van der Waals surface area contributed by atoms with Gasteiger partial charge in [0.25, 0.3) is 0 Å². The van der Waals surface area contributed by atoms with Crippen LogP contribution in [-0.2, 0) is 0 Å². The molecule has 0 aliphatic carbocycles. The van der Waals surface area contributed by atoms with Gasteiger partial charge in [0, 0.05) is 5.56 Å². The third-order valence-corrected chi connectivity index (χ3v) is 4.81. The molecule has 0 fully saturated rings. The largest absolute Gasteiger partial charge is 0.293 e. The zero-order valence-corrected chi connectivity index (χ0v) is 15.5. The number of Topliss-reactive ketones (excluding diaryl/α,β-unsaturated/α-hetero) is 1. The Kier molecular flexibility index (Phi) is 6.52. The molecule has 0 radical (unpaired) electrons. The van der Waals surface area contributed by atoms with E-state index in [0.29, 0.717) is 0 Å². The number of ketones is 1. The Hall–Kier alpha value is -2.41. The Balaban J connectivity index is 2.44. The van der Waals surface area contributed by atoms with Crippen molar-refractivity contribution in [1.29, 1.82) is 0 Å². The molecule has 1 nitrogen and oxygen atoms in total. The molecule has 25 heavy (non-hydrogen) atoms. The van der Waals surface area contributed by atoms with E-state index in [1.54, 1.807) is 0 Å². The van der Waals surface area contributed by atoms with Crippen molar-refractivity contribution in [2.45, 2.75) is 39.5 Å². The van der Waals surface area contributed by atoms with Crippen LogP contribution in [0.3, 0.4) is 0 Å². The highest BCUT2D eigenvalue weighted by molar-refractivity contribution is 6.01. The molecule has 1 heteroatoms. The van der Waals surface area contributed by atoms with E-state index in [1.807, 2.05) is 66.7 Å². The van der Waals surface area contributed by atoms with E-state index in [2.05, 4.69) is 33.4 Å². The monoisotopic (exact) mass is 332 g/mol. The predicted octanol–water partition coefficient (Wildman–Crippen LogP) is 6.59. The highest BCUT2D eigenvalue weighted by atomic mass is 16.1. The van der Waals surface area contributed by atoms with Gasteiger partial charge in [0.05, 0.1) is 5.92 Å². The number of hydrogen-bond acceptors (Lipinski definition) is 1. The summed E-state index contributed by atoms with van der Waals surface area (Å²) in [5, 5.41) is 0. The molecular weight excluding hydrogens is 304 g/mol. The molecule has 2 aromatic rings. The topological polar surface area (TPSA) is 17.1 Å². The summed E-state index contributed by atoms with van der Waals surface area (Å²) < 4.78 is 0. The van der Waals surface area contributed by atoms with Crippen LogP contribution in [0.15, 0.2) is 85.0 Å². The smallest absolute Gasteiger partial charge is 0.171 e. The fraction of sp³-hybridized carbons (Fsp3) is 0.292. The normalized spacial score (nSPS) is 14.2. The van der Waals surface area contributed by atoms with Gasteiger partial charge >= 0.3 is 0 Å². The second-order valence-electron chi connectivity index (χ2n) is 7.10. The molecule has 0 spiro atoms. The van der Waals surface area contributed by atoms with Gasteiger partial charge in [-0.3, -0.25) is 4.79 Å². The molecule has 2 rings (SSSR count). The minimum absolute atomic E-state index is 0.159. The van der Waals surface area contributed by atoms with Crippen LogP contribution in [0.2, 0.25) is 0 Å². The maximum Gasteiger partial charge on any atom is 0.171 e. The van der Waals surface area contributed by atoms with Gasteiger partial charge in [-0.2, -0.15) is 0 Å². The van der Waals surface area contributed by atoms with Crippen molar-refractivity contribution in [2.24, 2.45) is 5.41 Å². The molecule has 0 bridgehead atoms. The average molecular weight is 332 g/mol. The first-order valence-corrected chi connectivity index (χ1v) is 8.89. The van der Waals surface area contributed by atoms with Gasteiger partial charge in [0.2, 0.25) is 0 Å². The van der Waals surface area contributed by atoms with Gasteiger partial charge in [-0.25, -0.2) is 0 Å². The number of carbonyl (C=O) groups is 1. The van der Waals surface area contributed by atoms with Crippen LogP contribution in [0, 0.1) is 5.41 Å². The summed E-state index contributed by atoms with van der Waals surface area (Å²) in [6, 6.07) is 19.7. The summed E-state index contributed by atoms with van der Waals surface area (Å²) in [5.41, 5.74) is 2.81. The summed E-state index contributed by atoms with van der Waals surface area (Å²) in [7, 11) is 0. The molecule has 0 saturated carbocycles. The van der Waals surface area contributed by atoms with E-state index in [0.717, 1.165) is 24.0 Å². The van der Waals surface area contributed by atoms with Crippen molar-refractivity contribution in [1.82, 2.24) is 0 Å². The van der Waals surface area contributed by atoms with Crippen molar-refractivity contribution >= 4 is 5.78 Å². The van der Waals surface area contributed by atoms with Crippen molar-refractivity contribution in [2.75, 3.05) is 0 Å². The molecule has 0 N–H and O–H groups in total. The molecular formula is C24H28O. The van der Waals surface area contributed by atoms with Gasteiger partial charge in [-0.1, -0.05) is 85.3 Å². The number of allylic oxidation sites excluding steroid dienone is 3. The molecule has 0 saturated heterocycles. The second-order valence-corrected chi connectivity index (χ2v) is 7.10. The zero-order valence-electron chi connectivity index (χ0n) is 15.5. The molecule has 0 aliphatic heterocycles. The lowest BCUT2D eigenvalue weighted by atomic mass is 9.67. The fourth-order valence-electron chi connectivity index (χ4n) is 3.28. The number of benzene rings is 2. The van der Waals surface area contributed by atoms with Gasteiger partial charge in [-0.15, -0.1) is 6.58 Å². The van der Waals surface area contributed by atoms with E-state index in [9.17, 15) is 4.79 Å². The quantitative estimate of drug-likeness (QED) is 0.393. The highest BCUT2D eigenvalue weighted by Gasteiger charge is 2.37. The first kappa shape index (κ1) is 18.9. The van der Waals surface area contributed by atoms with Crippen LogP contribution >= 0.6 is 0 Å². The summed E-state index contributed by atoms with van der Waals surface area (Å²) in [5.74, 6) is -0.0782. The Labute approximate surface area is 152 Å². The maximum atomic E-state index is 13.4. The molecule has 2 unspecified atom stereocenters. The summed E-state index contributed by atoms with van der Waals surface area (Å²) in [6.45, 7) is 10.4. The van der Waals surface area contributed by atoms with Gasteiger partial charge < -0.3 is 0 Å². The van der Waals surface area contributed by atoms with Crippen LogP contribution in [0.4, 0.5) is 0 Å². The minimum atomic E-state index is -0.305. The van der Waals surface area contributed by atoms with E-state index in [-0.39, 0.29) is 17.1 Å². The lowest BCUT2D eigenvalue weighted by Gasteiger charge is -2.34. The average Bonchev–Trinajstić information content (AvgIpc) is 2.63. The van der Waals surface area contributed by atoms with Gasteiger partial charge in [0.1, 0.15) is 0 Å². The van der Waals surface area contributed by atoms with Crippen molar-refractivity contribution in [3.63, 3.8) is 0 Å². The van der Waals surface area contributed by atoms with Gasteiger partial charge in [0.15, 0.2) is 5.78 Å². The van der Waals surface area contributed by atoms with Crippen LogP contribution in [0.1, 0.15) is 55.5 Å². The predicted molar refractivity (Wildman–Crippen MR) is 107 cm³/mol. The Bertz CT molecular complexity index is 723. The van der Waals surface area contributed by atoms with Crippen LogP contribution in [0.5, 0.6) is 0 Å². The van der Waals surface area contributed by atoms with Crippen molar-refractivity contribution in [3.05, 3.63) is 96.1 Å². The third-order valence-electron chi connectivity index (χ3n) is 4.81. The van der Waals surface area contributed by atoms with E-state index < -0.39 is 0 Å². The molecule has 2 atom stereocenters. The second kappa shape index (κ2) is 8.62. The SMILES string of the molecule is C=CC(C)(CCC=C(C)C)C(C(=O)c1ccccc1)c1ccccc1. The van der Waals surface area contributed by atoms with Crippen LogP contribution in [0.25, 0.3) is 0 Å². The number of carbonyl (C=O) groups excluding carboxylic acids is 1. The molecule has 0 aliphatic rings. The van der Waals surface area contributed by atoms with Crippen LogP contribution in [-0.4, -0.2) is 5.78 Å². The Morgan fingerprint density at radius 2 is 1.60 bits per heavy atom. The minimum Gasteiger partial charge on any atom is -0.293 e. The van der Waals surface area contributed by atoms with Crippen molar-refractivity contribution in [3.8, 4) is 0 Å². The Morgan fingerprint density at radius 3 is 2.12 bits per heavy atom. The molecule has 0 heterocycles. The van der Waals surface area contributed by atoms with Crippen molar-refractivity contribution < 1.29 is 4.79 Å². The lowest BCUT2D eigenvalue weighted by molar-refractivity contribution is 0.0898. The zero-order chi connectivity index (χ0) is 18.3. The Morgan fingerprint density at radius 1 is 1.04 bits per heavy atom. The van der Waals surface area contributed by atoms with E-state index in [1.165, 1.54) is 5.57 Å². The highest BCUT2D eigenvalue weighted by Crippen LogP contribution is 2.43. The van der Waals surface area contributed by atoms with Gasteiger partial charge in [-0.05, 0) is 37.7 Å². The lowest BCUT2D eigenvalue weighted by Crippen LogP contribution is -2.30. The van der Waals surface area contributed by atoms with Crippen LogP contribution < -0.4 is 0 Å². The molecule has 130 valence electrons. The number of hydrogen-bond donors (Lipinski definition) is 0. The summed E-state index contributed by atoms with van der Waals surface area (Å²) in [6.07, 6.45) is 6.03. The number of rotatable bonds is 8. The van der Waals surface area contributed by atoms with E-state index in [4.69, 9.17) is 0 Å². The van der Waals surface area contributed by atoms with E-state index >= 15 is 0 Å². The molecule has 0 amide bonds. The summed E-state index contributed by atoms with van der Waals surface area (Å²) >= 11 is 0. The maximum absolute atomic E-state index is 13.4.